The first-order chi connectivity index (χ1) is 4.86. The van der Waals surface area contributed by atoms with Crippen LogP contribution in [-0.4, -0.2) is 11.0 Å². The van der Waals surface area contributed by atoms with Crippen molar-refractivity contribution in [3.63, 3.8) is 0 Å². The van der Waals surface area contributed by atoms with Crippen molar-refractivity contribution in [3.8, 4) is 0 Å². The molecule has 0 aliphatic rings. The van der Waals surface area contributed by atoms with E-state index in [9.17, 15) is 0 Å². The lowest BCUT2D eigenvalue weighted by Crippen LogP contribution is -1.80. The van der Waals surface area contributed by atoms with Gasteiger partial charge in [0.15, 0.2) is 0 Å². The molecule has 10 heavy (non-hydrogen) atoms. The van der Waals surface area contributed by atoms with Crippen molar-refractivity contribution in [1.29, 1.82) is 0 Å². The molecule has 0 aliphatic carbocycles. The SMILES string of the molecule is OCc1ccc(CCCl)o1. The zero-order valence-corrected chi connectivity index (χ0v) is 6.27. The fourth-order valence-corrected chi connectivity index (χ4v) is 0.921. The summed E-state index contributed by atoms with van der Waals surface area (Å²) >= 11 is 5.47. The predicted molar refractivity (Wildman–Crippen MR) is 39.1 cm³/mol. The Hall–Kier alpha value is -0.470. The Morgan fingerprint density at radius 3 is 2.60 bits per heavy atom. The van der Waals surface area contributed by atoms with Crippen molar-refractivity contribution in [3.05, 3.63) is 23.7 Å². The Bertz CT molecular complexity index is 195. The van der Waals surface area contributed by atoms with Gasteiger partial charge in [-0.2, -0.15) is 0 Å². The monoisotopic (exact) mass is 160 g/mol. The van der Waals surface area contributed by atoms with E-state index in [4.69, 9.17) is 21.1 Å². The Morgan fingerprint density at radius 2 is 2.10 bits per heavy atom. The molecule has 1 aromatic heterocycles. The van der Waals surface area contributed by atoms with E-state index in [2.05, 4.69) is 0 Å². The van der Waals surface area contributed by atoms with E-state index in [1.165, 1.54) is 0 Å². The van der Waals surface area contributed by atoms with Gasteiger partial charge in [0.1, 0.15) is 18.1 Å². The molecule has 0 saturated heterocycles. The topological polar surface area (TPSA) is 33.4 Å². The van der Waals surface area contributed by atoms with Crippen LogP contribution >= 0.6 is 11.6 Å². The van der Waals surface area contributed by atoms with Crippen molar-refractivity contribution < 1.29 is 9.52 Å². The Morgan fingerprint density at radius 1 is 1.40 bits per heavy atom. The zero-order chi connectivity index (χ0) is 7.40. The minimum atomic E-state index is -0.0394. The van der Waals surface area contributed by atoms with Gasteiger partial charge in [-0.1, -0.05) is 0 Å². The largest absolute Gasteiger partial charge is 0.464 e. The van der Waals surface area contributed by atoms with Crippen molar-refractivity contribution in [2.75, 3.05) is 5.88 Å². The molecule has 0 bridgehead atoms. The van der Waals surface area contributed by atoms with Crippen LogP contribution < -0.4 is 0 Å². The van der Waals surface area contributed by atoms with Crippen molar-refractivity contribution >= 4 is 11.6 Å². The fourth-order valence-electron chi connectivity index (χ4n) is 0.735. The zero-order valence-electron chi connectivity index (χ0n) is 5.51. The lowest BCUT2D eigenvalue weighted by atomic mass is 10.3. The second-order valence-electron chi connectivity index (χ2n) is 1.97. The van der Waals surface area contributed by atoms with Gasteiger partial charge in [-0.15, -0.1) is 11.6 Å². The summed E-state index contributed by atoms with van der Waals surface area (Å²) in [6.45, 7) is -0.0394. The number of hydrogen-bond acceptors (Lipinski definition) is 2. The van der Waals surface area contributed by atoms with E-state index in [1.807, 2.05) is 6.07 Å². The first-order valence-electron chi connectivity index (χ1n) is 3.11. The molecular formula is C7H9ClO2. The molecule has 1 heterocycles. The number of alkyl halides is 1. The normalized spacial score (nSPS) is 10.2. The number of halogens is 1. The standard InChI is InChI=1S/C7H9ClO2/c8-4-3-6-1-2-7(5-9)10-6/h1-2,9H,3-5H2. The van der Waals surface area contributed by atoms with Crippen LogP contribution in [0.5, 0.6) is 0 Å². The number of hydrogen-bond donors (Lipinski definition) is 1. The van der Waals surface area contributed by atoms with Crippen LogP contribution in [0.1, 0.15) is 11.5 Å². The average Bonchev–Trinajstić information content (AvgIpc) is 2.37. The summed E-state index contributed by atoms with van der Waals surface area (Å²) in [6, 6.07) is 3.58. The van der Waals surface area contributed by atoms with E-state index < -0.39 is 0 Å². The Balaban J connectivity index is 2.59. The summed E-state index contributed by atoms with van der Waals surface area (Å²) in [6.07, 6.45) is 0.724. The summed E-state index contributed by atoms with van der Waals surface area (Å²) in [4.78, 5) is 0. The first-order valence-corrected chi connectivity index (χ1v) is 3.64. The molecule has 56 valence electrons. The third-order valence-electron chi connectivity index (χ3n) is 1.21. The van der Waals surface area contributed by atoms with Gasteiger partial charge in [0.05, 0.1) is 0 Å². The lowest BCUT2D eigenvalue weighted by Gasteiger charge is -1.88. The predicted octanol–water partition coefficient (Wildman–Crippen LogP) is 1.55. The number of aryl methyl sites for hydroxylation is 1. The van der Waals surface area contributed by atoms with Gasteiger partial charge >= 0.3 is 0 Å². The molecule has 0 amide bonds. The molecule has 0 fully saturated rings. The van der Waals surface area contributed by atoms with E-state index >= 15 is 0 Å². The molecule has 0 aliphatic heterocycles. The van der Waals surface area contributed by atoms with E-state index in [0.29, 0.717) is 11.6 Å². The minimum Gasteiger partial charge on any atom is -0.464 e. The van der Waals surface area contributed by atoms with Crippen molar-refractivity contribution in [1.82, 2.24) is 0 Å². The first kappa shape index (κ1) is 7.63. The number of rotatable bonds is 3. The van der Waals surface area contributed by atoms with Gasteiger partial charge in [-0.25, -0.2) is 0 Å². The summed E-state index contributed by atoms with van der Waals surface area (Å²) in [7, 11) is 0. The second-order valence-corrected chi connectivity index (χ2v) is 2.34. The van der Waals surface area contributed by atoms with Gasteiger partial charge < -0.3 is 9.52 Å². The molecule has 2 nitrogen and oxygen atoms in total. The highest BCUT2D eigenvalue weighted by molar-refractivity contribution is 6.17. The van der Waals surface area contributed by atoms with Gasteiger partial charge in [0, 0.05) is 12.3 Å². The Kier molecular flexibility index (Phi) is 2.78. The van der Waals surface area contributed by atoms with Crippen LogP contribution in [-0.2, 0) is 13.0 Å². The molecule has 0 atom stereocenters. The lowest BCUT2D eigenvalue weighted by molar-refractivity contribution is 0.244. The van der Waals surface area contributed by atoms with Crippen molar-refractivity contribution in [2.24, 2.45) is 0 Å². The molecule has 0 saturated carbocycles. The van der Waals surface area contributed by atoms with Crippen LogP contribution in [0.25, 0.3) is 0 Å². The average molecular weight is 161 g/mol. The maximum Gasteiger partial charge on any atom is 0.129 e. The third-order valence-corrected chi connectivity index (χ3v) is 1.40. The maximum atomic E-state index is 8.59. The van der Waals surface area contributed by atoms with E-state index in [1.54, 1.807) is 6.07 Å². The summed E-state index contributed by atoms with van der Waals surface area (Å²) in [5.74, 6) is 1.98. The quantitative estimate of drug-likeness (QED) is 0.681. The van der Waals surface area contributed by atoms with Crippen LogP contribution in [0, 0.1) is 0 Å². The van der Waals surface area contributed by atoms with Crippen molar-refractivity contribution in [2.45, 2.75) is 13.0 Å². The van der Waals surface area contributed by atoms with Crippen LogP contribution in [0.3, 0.4) is 0 Å². The molecule has 0 aromatic carbocycles. The number of aliphatic hydroxyl groups is 1. The number of furan rings is 1. The molecule has 3 heteroatoms. The highest BCUT2D eigenvalue weighted by Gasteiger charge is 1.98. The molecule has 1 aromatic rings. The molecular weight excluding hydrogens is 152 g/mol. The molecule has 0 radical (unpaired) electrons. The summed E-state index contributed by atoms with van der Waals surface area (Å²) < 4.78 is 5.14. The fraction of sp³-hybridized carbons (Fsp3) is 0.429. The van der Waals surface area contributed by atoms with Crippen LogP contribution in [0.15, 0.2) is 16.5 Å². The van der Waals surface area contributed by atoms with Gasteiger partial charge in [0.2, 0.25) is 0 Å². The minimum absolute atomic E-state index is 0.0394. The molecule has 0 spiro atoms. The van der Waals surface area contributed by atoms with Gasteiger partial charge in [0.25, 0.3) is 0 Å². The van der Waals surface area contributed by atoms with E-state index in [0.717, 1.165) is 12.2 Å². The highest BCUT2D eigenvalue weighted by atomic mass is 35.5. The van der Waals surface area contributed by atoms with Crippen LogP contribution in [0.4, 0.5) is 0 Å². The second kappa shape index (κ2) is 3.64. The molecule has 1 rings (SSSR count). The smallest absolute Gasteiger partial charge is 0.129 e. The molecule has 1 N–H and O–H groups in total. The number of aliphatic hydroxyl groups excluding tert-OH is 1. The van der Waals surface area contributed by atoms with Gasteiger partial charge in [-0.05, 0) is 12.1 Å². The van der Waals surface area contributed by atoms with Gasteiger partial charge in [-0.3, -0.25) is 0 Å². The molecule has 0 unspecified atom stereocenters. The summed E-state index contributed by atoms with van der Waals surface area (Å²) in [5.41, 5.74) is 0. The maximum absolute atomic E-state index is 8.59. The Labute approximate surface area is 64.4 Å². The highest BCUT2D eigenvalue weighted by Crippen LogP contribution is 2.08. The van der Waals surface area contributed by atoms with E-state index in [-0.39, 0.29) is 6.61 Å². The third kappa shape index (κ3) is 1.75. The van der Waals surface area contributed by atoms with Crippen LogP contribution in [0.2, 0.25) is 0 Å². The summed E-state index contributed by atoms with van der Waals surface area (Å²) in [5, 5.41) is 8.59.